The van der Waals surface area contributed by atoms with Crippen molar-refractivity contribution in [3.05, 3.63) is 0 Å². The molecule has 4 nitrogen and oxygen atoms in total. The maximum absolute atomic E-state index is 9.98. The van der Waals surface area contributed by atoms with Crippen molar-refractivity contribution in [2.45, 2.75) is 30.5 Å². The van der Waals surface area contributed by atoms with Crippen molar-refractivity contribution in [2.75, 3.05) is 0 Å². The van der Waals surface area contributed by atoms with Gasteiger partial charge in [0.1, 0.15) is 12.4 Å². The smallest absolute Gasteiger partial charge is 0.149 e. The van der Waals surface area contributed by atoms with Crippen LogP contribution in [0.25, 0.3) is 0 Å². The molecule has 0 aliphatic carbocycles. The van der Waals surface area contributed by atoms with E-state index < -0.39 is 23.6 Å². The van der Waals surface area contributed by atoms with Crippen molar-refractivity contribution < 1.29 is 20.1 Å². The molecule has 0 saturated carbocycles. The van der Waals surface area contributed by atoms with E-state index in [9.17, 15) is 4.79 Å². The first-order valence-electron chi connectivity index (χ1n) is 3.18. The fourth-order valence-corrected chi connectivity index (χ4v) is 0.887. The predicted octanol–water partition coefficient (Wildman–Crippen LogP) is -1.41. The molecule has 0 heterocycles. The minimum Gasteiger partial charge on any atom is -0.391 e. The quantitative estimate of drug-likeness (QED) is 0.316. The molecule has 0 aliphatic heterocycles. The molecule has 0 aliphatic rings. The van der Waals surface area contributed by atoms with Crippen LogP contribution in [0.3, 0.4) is 0 Å². The molecule has 0 unspecified atom stereocenters. The number of aliphatic hydroxyl groups excluding tert-OH is 3. The fraction of sp³-hybridized carbons (Fsp3) is 0.833. The second-order valence-electron chi connectivity index (χ2n) is 2.35. The molecular formula is C6H12O4S. The van der Waals surface area contributed by atoms with E-state index >= 15 is 0 Å². The number of thiol groups is 1. The first-order valence-corrected chi connectivity index (χ1v) is 3.70. The molecule has 0 amide bonds. The molecule has 4 atom stereocenters. The van der Waals surface area contributed by atoms with Crippen LogP contribution in [0.2, 0.25) is 0 Å². The van der Waals surface area contributed by atoms with Gasteiger partial charge in [0.25, 0.3) is 0 Å². The maximum atomic E-state index is 9.98. The summed E-state index contributed by atoms with van der Waals surface area (Å²) in [6, 6.07) is 0. The van der Waals surface area contributed by atoms with E-state index in [-0.39, 0.29) is 6.29 Å². The summed E-state index contributed by atoms with van der Waals surface area (Å²) in [5.74, 6) is 0. The van der Waals surface area contributed by atoms with E-state index in [0.717, 1.165) is 0 Å². The zero-order valence-corrected chi connectivity index (χ0v) is 6.98. The Labute approximate surface area is 70.3 Å². The van der Waals surface area contributed by atoms with E-state index in [0.29, 0.717) is 0 Å². The van der Waals surface area contributed by atoms with Crippen molar-refractivity contribution >= 4 is 18.9 Å². The summed E-state index contributed by atoms with van der Waals surface area (Å²) in [6.45, 7) is 1.35. The molecule has 0 aromatic heterocycles. The van der Waals surface area contributed by atoms with E-state index in [4.69, 9.17) is 15.3 Å². The van der Waals surface area contributed by atoms with Crippen LogP contribution in [0.1, 0.15) is 6.92 Å². The SMILES string of the molecule is C[C@H](O)[C@@H](O)[C@@H](S)[C@H](O)C=O. The molecule has 0 aromatic carbocycles. The molecule has 11 heavy (non-hydrogen) atoms. The number of carbonyl (C=O) groups is 1. The average Bonchev–Trinajstić information content (AvgIpc) is 2.00. The van der Waals surface area contributed by atoms with Crippen molar-refractivity contribution in [1.29, 1.82) is 0 Å². The number of carbonyl (C=O) groups excluding carboxylic acids is 1. The summed E-state index contributed by atoms with van der Waals surface area (Å²) in [4.78, 5) is 9.98. The number of hydrogen-bond donors (Lipinski definition) is 4. The Morgan fingerprint density at radius 2 is 1.82 bits per heavy atom. The third-order valence-electron chi connectivity index (χ3n) is 1.33. The topological polar surface area (TPSA) is 77.8 Å². The second-order valence-corrected chi connectivity index (χ2v) is 2.94. The van der Waals surface area contributed by atoms with Gasteiger partial charge in [-0.25, -0.2) is 0 Å². The highest BCUT2D eigenvalue weighted by Crippen LogP contribution is 2.09. The Bertz CT molecular complexity index is 128. The second kappa shape index (κ2) is 4.71. The number of aldehydes is 1. The zero-order valence-electron chi connectivity index (χ0n) is 6.08. The Balaban J connectivity index is 4.00. The maximum Gasteiger partial charge on any atom is 0.149 e. The molecule has 3 N–H and O–H groups in total. The van der Waals surface area contributed by atoms with E-state index in [2.05, 4.69) is 12.6 Å². The van der Waals surface area contributed by atoms with E-state index in [1.165, 1.54) is 6.92 Å². The Morgan fingerprint density at radius 1 is 1.36 bits per heavy atom. The molecule has 0 radical (unpaired) electrons. The van der Waals surface area contributed by atoms with Crippen molar-refractivity contribution in [1.82, 2.24) is 0 Å². The van der Waals surface area contributed by atoms with Crippen LogP contribution in [0.4, 0.5) is 0 Å². The van der Waals surface area contributed by atoms with Crippen molar-refractivity contribution in [3.8, 4) is 0 Å². The molecule has 0 fully saturated rings. The van der Waals surface area contributed by atoms with Gasteiger partial charge in [0, 0.05) is 0 Å². The highest BCUT2D eigenvalue weighted by molar-refractivity contribution is 7.81. The highest BCUT2D eigenvalue weighted by atomic mass is 32.1. The average molecular weight is 180 g/mol. The Kier molecular flexibility index (Phi) is 4.67. The number of hydrogen-bond acceptors (Lipinski definition) is 5. The van der Waals surface area contributed by atoms with E-state index in [1.54, 1.807) is 0 Å². The van der Waals surface area contributed by atoms with Crippen LogP contribution in [0, 0.1) is 0 Å². The van der Waals surface area contributed by atoms with Gasteiger partial charge >= 0.3 is 0 Å². The summed E-state index contributed by atoms with van der Waals surface area (Å²) >= 11 is 3.75. The summed E-state index contributed by atoms with van der Waals surface area (Å²) in [6.07, 6.45) is -3.28. The van der Waals surface area contributed by atoms with Crippen LogP contribution in [0.5, 0.6) is 0 Å². The first-order chi connectivity index (χ1) is 5.00. The molecule has 0 saturated heterocycles. The van der Waals surface area contributed by atoms with Crippen molar-refractivity contribution in [2.24, 2.45) is 0 Å². The lowest BCUT2D eigenvalue weighted by molar-refractivity contribution is -0.116. The highest BCUT2D eigenvalue weighted by Gasteiger charge is 2.26. The molecule has 66 valence electrons. The zero-order chi connectivity index (χ0) is 9.02. The van der Waals surface area contributed by atoms with Gasteiger partial charge in [-0.05, 0) is 6.92 Å². The van der Waals surface area contributed by atoms with Crippen LogP contribution in [-0.4, -0.2) is 45.2 Å². The molecule has 0 spiro atoms. The fourth-order valence-electron chi connectivity index (χ4n) is 0.568. The number of aliphatic hydroxyl groups is 3. The van der Waals surface area contributed by atoms with Crippen LogP contribution >= 0.6 is 12.6 Å². The van der Waals surface area contributed by atoms with Crippen LogP contribution in [-0.2, 0) is 4.79 Å². The normalized spacial score (nSPS) is 21.9. The number of rotatable bonds is 4. The summed E-state index contributed by atoms with van der Waals surface area (Å²) in [5.41, 5.74) is 0. The lowest BCUT2D eigenvalue weighted by Gasteiger charge is -2.21. The predicted molar refractivity (Wildman–Crippen MR) is 42.5 cm³/mol. The van der Waals surface area contributed by atoms with Gasteiger partial charge in [0.2, 0.25) is 0 Å². The van der Waals surface area contributed by atoms with E-state index in [1.807, 2.05) is 0 Å². The lowest BCUT2D eigenvalue weighted by atomic mass is 10.1. The molecular weight excluding hydrogens is 168 g/mol. The van der Waals surface area contributed by atoms with Gasteiger partial charge in [0.15, 0.2) is 0 Å². The molecule has 5 heteroatoms. The molecule has 0 aromatic rings. The Morgan fingerprint density at radius 3 is 2.09 bits per heavy atom. The van der Waals surface area contributed by atoms with Crippen LogP contribution < -0.4 is 0 Å². The molecule has 0 rings (SSSR count). The standard InChI is InChI=1S/C6H12O4S/c1-3(8)5(10)6(11)4(9)2-7/h2-6,8-11H,1H3/t3-,4+,5+,6-/m0/s1. The molecule has 0 bridgehead atoms. The van der Waals surface area contributed by atoms with Gasteiger partial charge in [-0.15, -0.1) is 0 Å². The van der Waals surface area contributed by atoms with Gasteiger partial charge < -0.3 is 20.1 Å². The Hall–Kier alpha value is -0.100. The van der Waals surface area contributed by atoms with Crippen LogP contribution in [0.15, 0.2) is 0 Å². The largest absolute Gasteiger partial charge is 0.391 e. The third-order valence-corrected chi connectivity index (χ3v) is 1.94. The lowest BCUT2D eigenvalue weighted by Crippen LogP contribution is -2.40. The third kappa shape index (κ3) is 3.20. The minimum atomic E-state index is -1.34. The van der Waals surface area contributed by atoms with Crippen molar-refractivity contribution in [3.63, 3.8) is 0 Å². The van der Waals surface area contributed by atoms with Gasteiger partial charge in [-0.3, -0.25) is 0 Å². The minimum absolute atomic E-state index is 0.267. The first kappa shape index (κ1) is 10.9. The van der Waals surface area contributed by atoms with Gasteiger partial charge in [-0.2, -0.15) is 12.6 Å². The van der Waals surface area contributed by atoms with Gasteiger partial charge in [0.05, 0.1) is 17.5 Å². The summed E-state index contributed by atoms with van der Waals surface area (Å²) < 4.78 is 0. The summed E-state index contributed by atoms with van der Waals surface area (Å²) in [7, 11) is 0. The monoisotopic (exact) mass is 180 g/mol. The van der Waals surface area contributed by atoms with Gasteiger partial charge in [-0.1, -0.05) is 0 Å². The summed E-state index contributed by atoms with van der Waals surface area (Å²) in [5, 5.41) is 25.8.